The summed E-state index contributed by atoms with van der Waals surface area (Å²) in [6, 6.07) is 4.04. The van der Waals surface area contributed by atoms with Gasteiger partial charge in [0, 0.05) is 60.7 Å². The van der Waals surface area contributed by atoms with Gasteiger partial charge in [-0.15, -0.1) is 0 Å². The van der Waals surface area contributed by atoms with Gasteiger partial charge in [-0.3, -0.25) is 9.11 Å². The van der Waals surface area contributed by atoms with Crippen LogP contribution in [-0.4, -0.2) is 45.7 Å². The molecule has 1 aromatic rings. The lowest BCUT2D eigenvalue weighted by molar-refractivity contribution is 0.291. The number of nitrogens with zero attached hydrogens (tertiary/aromatic N) is 2. The van der Waals surface area contributed by atoms with Gasteiger partial charge in [0.05, 0.1) is 0 Å². The lowest BCUT2D eigenvalue weighted by Gasteiger charge is -2.26. The zero-order valence-corrected chi connectivity index (χ0v) is 10.3. The molecule has 5 heteroatoms. The van der Waals surface area contributed by atoms with E-state index in [-0.39, 0.29) is 0 Å². The van der Waals surface area contributed by atoms with Crippen LogP contribution >= 0.6 is 0 Å². The van der Waals surface area contributed by atoms with Crippen LogP contribution in [-0.2, 0) is 17.3 Å². The van der Waals surface area contributed by atoms with Gasteiger partial charge in [0.25, 0.3) is 0 Å². The van der Waals surface area contributed by atoms with Crippen molar-refractivity contribution in [1.82, 2.24) is 9.88 Å². The van der Waals surface area contributed by atoms with Crippen LogP contribution in [0.5, 0.6) is 0 Å². The highest BCUT2D eigenvalue weighted by Gasteiger charge is 2.16. The van der Waals surface area contributed by atoms with E-state index in [0.717, 1.165) is 37.0 Å². The maximum atomic E-state index is 11.2. The van der Waals surface area contributed by atoms with E-state index in [4.69, 9.17) is 0 Å². The smallest absolute Gasteiger partial charge is 0.130 e. The normalized spacial score (nSPS) is 18.6. The van der Waals surface area contributed by atoms with Gasteiger partial charge in [0.2, 0.25) is 0 Å². The topological polar surface area (TPSA) is 45.2 Å². The van der Waals surface area contributed by atoms with E-state index < -0.39 is 10.8 Å². The summed E-state index contributed by atoms with van der Waals surface area (Å²) in [5, 5.41) is 3.10. The summed E-state index contributed by atoms with van der Waals surface area (Å²) in [4.78, 5) is 6.61. The summed E-state index contributed by atoms with van der Waals surface area (Å²) in [5.41, 5.74) is 1.21. The molecule has 1 aromatic heterocycles. The Morgan fingerprint density at radius 2 is 2.25 bits per heavy atom. The van der Waals surface area contributed by atoms with Crippen LogP contribution in [0.25, 0.3) is 0 Å². The number of anilines is 1. The molecule has 0 aliphatic carbocycles. The molecule has 1 fully saturated rings. The van der Waals surface area contributed by atoms with Crippen molar-refractivity contribution in [3.05, 3.63) is 23.9 Å². The van der Waals surface area contributed by atoms with Crippen molar-refractivity contribution < 1.29 is 4.21 Å². The Balaban J connectivity index is 2.00. The first-order chi connectivity index (χ1) is 7.79. The molecule has 88 valence electrons. The molecular formula is C11H17N3OS. The third-order valence-corrected chi connectivity index (χ3v) is 4.07. The van der Waals surface area contributed by atoms with Crippen molar-refractivity contribution in [2.75, 3.05) is 37.0 Å². The van der Waals surface area contributed by atoms with Gasteiger partial charge < -0.3 is 5.32 Å². The molecule has 16 heavy (non-hydrogen) atoms. The lowest BCUT2D eigenvalue weighted by Crippen LogP contribution is -2.37. The number of hydrogen-bond acceptors (Lipinski definition) is 4. The SMILES string of the molecule is CNc1ncccc1CN1CCS(=O)CC1. The Kier molecular flexibility index (Phi) is 3.90. The third kappa shape index (κ3) is 2.80. The molecule has 0 aromatic carbocycles. The van der Waals surface area contributed by atoms with E-state index in [9.17, 15) is 4.21 Å². The van der Waals surface area contributed by atoms with Crippen molar-refractivity contribution in [3.8, 4) is 0 Å². The van der Waals surface area contributed by atoms with Gasteiger partial charge in [-0.1, -0.05) is 6.07 Å². The minimum Gasteiger partial charge on any atom is -0.373 e. The van der Waals surface area contributed by atoms with Crippen LogP contribution < -0.4 is 5.32 Å². The zero-order valence-electron chi connectivity index (χ0n) is 9.48. The number of hydrogen-bond donors (Lipinski definition) is 1. The summed E-state index contributed by atoms with van der Waals surface area (Å²) in [7, 11) is 1.29. The maximum absolute atomic E-state index is 11.2. The fourth-order valence-electron chi connectivity index (χ4n) is 1.87. The van der Waals surface area contributed by atoms with Crippen LogP contribution in [0.2, 0.25) is 0 Å². The fourth-order valence-corrected chi connectivity index (χ4v) is 2.99. The number of nitrogens with one attached hydrogen (secondary N) is 1. The van der Waals surface area contributed by atoms with Gasteiger partial charge in [-0.25, -0.2) is 4.98 Å². The van der Waals surface area contributed by atoms with Gasteiger partial charge in [-0.05, 0) is 6.07 Å². The average molecular weight is 239 g/mol. The third-order valence-electron chi connectivity index (χ3n) is 2.79. The molecule has 0 radical (unpaired) electrons. The van der Waals surface area contributed by atoms with Crippen molar-refractivity contribution in [2.45, 2.75) is 6.54 Å². The summed E-state index contributed by atoms with van der Waals surface area (Å²) in [5.74, 6) is 2.54. The van der Waals surface area contributed by atoms with Crippen LogP contribution in [0.1, 0.15) is 5.56 Å². The van der Waals surface area contributed by atoms with E-state index in [1.807, 2.05) is 13.1 Å². The summed E-state index contributed by atoms with van der Waals surface area (Å²) in [6.07, 6.45) is 1.79. The second-order valence-corrected chi connectivity index (χ2v) is 5.58. The Morgan fingerprint density at radius 3 is 2.94 bits per heavy atom. The number of rotatable bonds is 3. The summed E-state index contributed by atoms with van der Waals surface area (Å²) < 4.78 is 11.2. The van der Waals surface area contributed by atoms with E-state index in [1.165, 1.54) is 5.56 Å². The first-order valence-electron chi connectivity index (χ1n) is 5.48. The quantitative estimate of drug-likeness (QED) is 0.843. The molecule has 1 aliphatic heterocycles. The lowest BCUT2D eigenvalue weighted by atomic mass is 10.2. The monoisotopic (exact) mass is 239 g/mol. The van der Waals surface area contributed by atoms with Gasteiger partial charge in [0.15, 0.2) is 0 Å². The van der Waals surface area contributed by atoms with Crippen LogP contribution in [0.4, 0.5) is 5.82 Å². The molecule has 1 aliphatic rings. The van der Waals surface area contributed by atoms with Crippen LogP contribution in [0, 0.1) is 0 Å². The molecule has 0 unspecified atom stereocenters. The molecule has 2 rings (SSSR count). The van der Waals surface area contributed by atoms with Crippen molar-refractivity contribution in [1.29, 1.82) is 0 Å². The average Bonchev–Trinajstić information content (AvgIpc) is 2.33. The minimum atomic E-state index is -0.599. The van der Waals surface area contributed by atoms with Crippen molar-refractivity contribution >= 4 is 16.6 Å². The number of aromatic nitrogens is 1. The summed E-state index contributed by atoms with van der Waals surface area (Å²) in [6.45, 7) is 2.73. The van der Waals surface area contributed by atoms with E-state index in [2.05, 4.69) is 21.3 Å². The zero-order chi connectivity index (χ0) is 11.4. The van der Waals surface area contributed by atoms with E-state index in [0.29, 0.717) is 0 Å². The number of pyridine rings is 1. The van der Waals surface area contributed by atoms with Crippen LogP contribution in [0.3, 0.4) is 0 Å². The molecule has 1 saturated heterocycles. The second-order valence-electron chi connectivity index (χ2n) is 3.89. The Labute approximate surface area is 98.5 Å². The van der Waals surface area contributed by atoms with Gasteiger partial charge >= 0.3 is 0 Å². The highest BCUT2D eigenvalue weighted by Crippen LogP contribution is 2.14. The molecular weight excluding hydrogens is 222 g/mol. The second kappa shape index (κ2) is 5.41. The first-order valence-corrected chi connectivity index (χ1v) is 6.97. The summed E-state index contributed by atoms with van der Waals surface area (Å²) >= 11 is 0. The van der Waals surface area contributed by atoms with Gasteiger partial charge in [-0.2, -0.15) is 0 Å². The molecule has 0 amide bonds. The highest BCUT2D eigenvalue weighted by molar-refractivity contribution is 7.85. The molecule has 1 N–H and O–H groups in total. The minimum absolute atomic E-state index is 0.599. The van der Waals surface area contributed by atoms with Crippen LogP contribution in [0.15, 0.2) is 18.3 Å². The van der Waals surface area contributed by atoms with Crippen molar-refractivity contribution in [2.24, 2.45) is 0 Å². The molecule has 0 bridgehead atoms. The predicted octanol–water partition coefficient (Wildman–Crippen LogP) is 0.688. The van der Waals surface area contributed by atoms with E-state index >= 15 is 0 Å². The Morgan fingerprint density at radius 1 is 1.50 bits per heavy atom. The first kappa shape index (κ1) is 11.5. The van der Waals surface area contributed by atoms with Crippen molar-refractivity contribution in [3.63, 3.8) is 0 Å². The molecule has 0 atom stereocenters. The Hall–Kier alpha value is -0.940. The highest BCUT2D eigenvalue weighted by atomic mass is 32.2. The molecule has 2 heterocycles. The Bertz CT molecular complexity index is 373. The predicted molar refractivity (Wildman–Crippen MR) is 66.9 cm³/mol. The molecule has 0 saturated carbocycles. The maximum Gasteiger partial charge on any atom is 0.130 e. The fraction of sp³-hybridized carbons (Fsp3) is 0.545. The standard InChI is InChI=1S/C11H17N3OS/c1-12-11-10(3-2-4-13-11)9-14-5-7-16(15)8-6-14/h2-4H,5-9H2,1H3,(H,12,13). The van der Waals surface area contributed by atoms with Gasteiger partial charge in [0.1, 0.15) is 5.82 Å². The largest absolute Gasteiger partial charge is 0.373 e. The molecule has 0 spiro atoms. The molecule has 4 nitrogen and oxygen atoms in total. The van der Waals surface area contributed by atoms with E-state index in [1.54, 1.807) is 6.20 Å².